The van der Waals surface area contributed by atoms with Crippen molar-refractivity contribution in [1.29, 1.82) is 0 Å². The Morgan fingerprint density at radius 1 is 1.26 bits per heavy atom. The van der Waals surface area contributed by atoms with Crippen LogP contribution in [-0.4, -0.2) is 15.1 Å². The Kier molecular flexibility index (Phi) is 4.02. The number of hydrogen-bond acceptors (Lipinski definition) is 1. The van der Waals surface area contributed by atoms with Crippen LogP contribution in [0.3, 0.4) is 0 Å². The van der Waals surface area contributed by atoms with Crippen molar-refractivity contribution in [3.63, 3.8) is 0 Å². The monoisotopic (exact) mass is 324 g/mol. The van der Waals surface area contributed by atoms with Gasteiger partial charge in [-0.3, -0.25) is 4.68 Å². The van der Waals surface area contributed by atoms with Crippen LogP contribution in [0.2, 0.25) is 0 Å². The highest BCUT2D eigenvalue weighted by atomic mass is 79.9. The lowest BCUT2D eigenvalue weighted by Crippen LogP contribution is -2.24. The number of halogens is 1. The highest BCUT2D eigenvalue weighted by molar-refractivity contribution is 9.09. The molecule has 3 heteroatoms. The average Bonchev–Trinajstić information content (AvgIpc) is 3.21. The zero-order valence-electron chi connectivity index (χ0n) is 11.9. The Balaban J connectivity index is 1.67. The molecule has 19 heavy (non-hydrogen) atoms. The van der Waals surface area contributed by atoms with E-state index in [1.807, 2.05) is 0 Å². The first-order valence-corrected chi connectivity index (χ1v) is 8.93. The topological polar surface area (TPSA) is 17.8 Å². The Hall–Kier alpha value is -0.310. The molecule has 1 heterocycles. The third kappa shape index (κ3) is 3.07. The molecule has 2 fully saturated rings. The first kappa shape index (κ1) is 13.7. The Morgan fingerprint density at radius 3 is 2.63 bits per heavy atom. The molecule has 2 aliphatic carbocycles. The zero-order valence-corrected chi connectivity index (χ0v) is 13.5. The van der Waals surface area contributed by atoms with Gasteiger partial charge in [0.25, 0.3) is 0 Å². The van der Waals surface area contributed by atoms with E-state index >= 15 is 0 Å². The Morgan fingerprint density at radius 2 is 2.00 bits per heavy atom. The smallest absolute Gasteiger partial charge is 0.0630 e. The number of nitrogens with zero attached hydrogens (tertiary/aromatic N) is 2. The molecule has 0 spiro atoms. The van der Waals surface area contributed by atoms with E-state index in [1.54, 1.807) is 0 Å². The van der Waals surface area contributed by atoms with Gasteiger partial charge in [-0.1, -0.05) is 42.1 Å². The summed E-state index contributed by atoms with van der Waals surface area (Å²) in [4.78, 5) is 0. The van der Waals surface area contributed by atoms with Crippen LogP contribution in [0.1, 0.15) is 63.6 Å². The van der Waals surface area contributed by atoms with Gasteiger partial charge in [-0.05, 0) is 49.5 Å². The minimum atomic E-state index is 0.408. The van der Waals surface area contributed by atoms with E-state index in [4.69, 9.17) is 5.10 Å². The minimum Gasteiger partial charge on any atom is -0.269 e. The molecular weight excluding hydrogens is 300 g/mol. The second kappa shape index (κ2) is 5.59. The summed E-state index contributed by atoms with van der Waals surface area (Å²) in [5.74, 6) is 0.909. The van der Waals surface area contributed by atoms with Crippen LogP contribution in [0.5, 0.6) is 0 Å². The van der Waals surface area contributed by atoms with Gasteiger partial charge in [0.05, 0.1) is 11.7 Å². The molecule has 3 rings (SSSR count). The van der Waals surface area contributed by atoms with E-state index in [1.165, 1.54) is 50.6 Å². The standard InChI is InChI=1S/C16H25BrN2/c1-16(12-17,13-7-8-13)11-14-9-10-19(18-14)15-5-3-2-4-6-15/h9-10,13,15H,2-8,11-12H2,1H3. The van der Waals surface area contributed by atoms with Crippen LogP contribution in [0, 0.1) is 11.3 Å². The third-order valence-electron chi connectivity index (χ3n) is 5.07. The average molecular weight is 325 g/mol. The molecular formula is C16H25BrN2. The lowest BCUT2D eigenvalue weighted by Gasteiger charge is -2.26. The molecule has 0 aromatic carbocycles. The van der Waals surface area contributed by atoms with Crippen LogP contribution in [0.4, 0.5) is 0 Å². The van der Waals surface area contributed by atoms with Gasteiger partial charge in [0.15, 0.2) is 0 Å². The number of aromatic nitrogens is 2. The fourth-order valence-corrected chi connectivity index (χ4v) is 4.17. The lowest BCUT2D eigenvalue weighted by atomic mass is 9.82. The molecule has 2 saturated carbocycles. The van der Waals surface area contributed by atoms with Crippen molar-refractivity contribution in [3.8, 4) is 0 Å². The van der Waals surface area contributed by atoms with Crippen molar-refractivity contribution >= 4 is 15.9 Å². The minimum absolute atomic E-state index is 0.408. The predicted molar refractivity (Wildman–Crippen MR) is 82.7 cm³/mol. The van der Waals surface area contributed by atoms with Crippen LogP contribution < -0.4 is 0 Å². The Bertz CT molecular complexity index is 418. The van der Waals surface area contributed by atoms with E-state index < -0.39 is 0 Å². The molecule has 106 valence electrons. The molecule has 0 aliphatic heterocycles. The van der Waals surface area contributed by atoms with Gasteiger partial charge < -0.3 is 0 Å². The molecule has 2 aliphatic rings. The van der Waals surface area contributed by atoms with Crippen LogP contribution in [-0.2, 0) is 6.42 Å². The number of hydrogen-bond donors (Lipinski definition) is 0. The summed E-state index contributed by atoms with van der Waals surface area (Å²) in [6.07, 6.45) is 13.0. The van der Waals surface area contributed by atoms with E-state index in [9.17, 15) is 0 Å². The highest BCUT2D eigenvalue weighted by Crippen LogP contribution is 2.48. The normalized spacial score (nSPS) is 24.3. The summed E-state index contributed by atoms with van der Waals surface area (Å²) in [6, 6.07) is 2.91. The van der Waals surface area contributed by atoms with Crippen molar-refractivity contribution in [2.45, 2.75) is 64.3 Å². The first-order chi connectivity index (χ1) is 9.21. The molecule has 1 unspecified atom stereocenters. The van der Waals surface area contributed by atoms with Crippen molar-refractivity contribution in [1.82, 2.24) is 9.78 Å². The van der Waals surface area contributed by atoms with Gasteiger partial charge in [-0.2, -0.15) is 5.10 Å². The van der Waals surface area contributed by atoms with E-state index in [-0.39, 0.29) is 0 Å². The van der Waals surface area contributed by atoms with Crippen molar-refractivity contribution in [3.05, 3.63) is 18.0 Å². The van der Waals surface area contributed by atoms with Crippen LogP contribution in [0.25, 0.3) is 0 Å². The van der Waals surface area contributed by atoms with Crippen molar-refractivity contribution in [2.24, 2.45) is 11.3 Å². The van der Waals surface area contributed by atoms with Gasteiger partial charge in [0.2, 0.25) is 0 Å². The van der Waals surface area contributed by atoms with Gasteiger partial charge in [-0.25, -0.2) is 0 Å². The first-order valence-electron chi connectivity index (χ1n) is 7.81. The molecule has 2 nitrogen and oxygen atoms in total. The molecule has 1 aromatic rings. The largest absolute Gasteiger partial charge is 0.269 e. The summed E-state index contributed by atoms with van der Waals surface area (Å²) in [7, 11) is 0. The molecule has 0 saturated heterocycles. The third-order valence-corrected chi connectivity index (χ3v) is 6.35. The van der Waals surface area contributed by atoms with Crippen LogP contribution in [0.15, 0.2) is 12.3 Å². The SMILES string of the molecule is CC(CBr)(Cc1ccn(C2CCCCC2)n1)C1CC1. The molecule has 0 amide bonds. The Labute approximate surface area is 125 Å². The number of rotatable bonds is 5. The van der Waals surface area contributed by atoms with Gasteiger partial charge in [0, 0.05) is 11.5 Å². The van der Waals surface area contributed by atoms with E-state index in [0.717, 1.165) is 17.7 Å². The molecule has 0 bridgehead atoms. The molecule has 1 atom stereocenters. The maximum Gasteiger partial charge on any atom is 0.0630 e. The van der Waals surface area contributed by atoms with Crippen molar-refractivity contribution in [2.75, 3.05) is 5.33 Å². The zero-order chi connectivity index (χ0) is 13.3. The summed E-state index contributed by atoms with van der Waals surface area (Å²) < 4.78 is 2.25. The second-order valence-corrected chi connectivity index (χ2v) is 7.38. The highest BCUT2D eigenvalue weighted by Gasteiger charge is 2.41. The quantitative estimate of drug-likeness (QED) is 0.715. The lowest BCUT2D eigenvalue weighted by molar-refractivity contribution is 0.304. The molecule has 0 N–H and O–H groups in total. The van der Waals surface area contributed by atoms with Crippen molar-refractivity contribution < 1.29 is 0 Å². The fourth-order valence-electron chi connectivity index (χ4n) is 3.52. The summed E-state index contributed by atoms with van der Waals surface area (Å²) in [5.41, 5.74) is 1.70. The van der Waals surface area contributed by atoms with E-state index in [0.29, 0.717) is 11.5 Å². The van der Waals surface area contributed by atoms with E-state index in [2.05, 4.69) is 39.8 Å². The predicted octanol–water partition coefficient (Wildman–Crippen LogP) is 4.74. The molecule has 0 radical (unpaired) electrons. The van der Waals surface area contributed by atoms with Gasteiger partial charge >= 0.3 is 0 Å². The summed E-state index contributed by atoms with van der Waals surface area (Å²) in [5, 5.41) is 5.97. The van der Waals surface area contributed by atoms with Gasteiger partial charge in [-0.15, -0.1) is 0 Å². The number of alkyl halides is 1. The summed E-state index contributed by atoms with van der Waals surface area (Å²) in [6.45, 7) is 2.42. The maximum absolute atomic E-state index is 4.87. The maximum atomic E-state index is 4.87. The van der Waals surface area contributed by atoms with Crippen LogP contribution >= 0.6 is 15.9 Å². The van der Waals surface area contributed by atoms with Gasteiger partial charge in [0.1, 0.15) is 0 Å². The summed E-state index contributed by atoms with van der Waals surface area (Å²) >= 11 is 3.72. The molecule has 1 aromatic heterocycles. The second-order valence-electron chi connectivity index (χ2n) is 6.82. The fraction of sp³-hybridized carbons (Fsp3) is 0.812.